The van der Waals surface area contributed by atoms with Crippen LogP contribution in [0.25, 0.3) is 0 Å². The summed E-state index contributed by atoms with van der Waals surface area (Å²) in [5.41, 5.74) is 5.31. The molecule has 4 heteroatoms. The Labute approximate surface area is 146 Å². The van der Waals surface area contributed by atoms with Gasteiger partial charge in [0.1, 0.15) is 0 Å². The van der Waals surface area contributed by atoms with Crippen LogP contribution in [-0.4, -0.2) is 13.1 Å². The number of aryl methyl sites for hydroxylation is 2. The molecule has 0 saturated heterocycles. The fourth-order valence-corrected chi connectivity index (χ4v) is 2.05. The summed E-state index contributed by atoms with van der Waals surface area (Å²) in [7, 11) is 0. The number of hydrogen-bond donors (Lipinski definition) is 2. The van der Waals surface area contributed by atoms with Gasteiger partial charge < -0.3 is 10.6 Å². The maximum Gasteiger partial charge on any atom is 0.0206 e. The molecule has 22 heavy (non-hydrogen) atoms. The minimum Gasteiger partial charge on any atom is -0.311 e. The molecule has 0 aliphatic carbocycles. The van der Waals surface area contributed by atoms with E-state index < -0.39 is 0 Å². The number of rotatable bonds is 7. The Balaban J connectivity index is 0.00000220. The molecule has 0 radical (unpaired) electrons. The summed E-state index contributed by atoms with van der Waals surface area (Å²) in [4.78, 5) is 0. The average molecular weight is 341 g/mol. The van der Waals surface area contributed by atoms with Gasteiger partial charge in [0.15, 0.2) is 0 Å². The van der Waals surface area contributed by atoms with E-state index in [1.807, 2.05) is 0 Å². The van der Waals surface area contributed by atoms with Crippen LogP contribution in [-0.2, 0) is 13.1 Å². The summed E-state index contributed by atoms with van der Waals surface area (Å²) in [6.07, 6.45) is 0. The zero-order valence-electron chi connectivity index (χ0n) is 13.3. The predicted octanol–water partition coefficient (Wildman–Crippen LogP) is 4.03. The number of nitrogens with one attached hydrogen (secondary N) is 2. The van der Waals surface area contributed by atoms with Crippen molar-refractivity contribution < 1.29 is 0 Å². The van der Waals surface area contributed by atoms with Crippen LogP contribution in [0.5, 0.6) is 0 Å². The Morgan fingerprint density at radius 1 is 0.591 bits per heavy atom. The van der Waals surface area contributed by atoms with E-state index >= 15 is 0 Å². The van der Waals surface area contributed by atoms with Gasteiger partial charge in [-0.2, -0.15) is 0 Å². The lowest BCUT2D eigenvalue weighted by molar-refractivity contribution is 0.611. The van der Waals surface area contributed by atoms with E-state index in [9.17, 15) is 0 Å². The minimum atomic E-state index is 0. The van der Waals surface area contributed by atoms with Gasteiger partial charge >= 0.3 is 0 Å². The maximum absolute atomic E-state index is 3.45. The third-order valence-electron chi connectivity index (χ3n) is 3.38. The zero-order chi connectivity index (χ0) is 14.2. The summed E-state index contributed by atoms with van der Waals surface area (Å²) in [5.74, 6) is 0. The molecule has 0 atom stereocenters. The quantitative estimate of drug-likeness (QED) is 0.743. The molecule has 0 aliphatic rings. The van der Waals surface area contributed by atoms with Crippen LogP contribution in [0.1, 0.15) is 22.3 Å². The van der Waals surface area contributed by atoms with Crippen LogP contribution in [0.2, 0.25) is 0 Å². The third-order valence-corrected chi connectivity index (χ3v) is 3.38. The van der Waals surface area contributed by atoms with Crippen LogP contribution in [0.4, 0.5) is 0 Å². The molecule has 0 fully saturated rings. The van der Waals surface area contributed by atoms with Gasteiger partial charge in [-0.15, -0.1) is 24.8 Å². The molecule has 2 aromatic carbocycles. The van der Waals surface area contributed by atoms with Crippen LogP contribution >= 0.6 is 24.8 Å². The Morgan fingerprint density at radius 3 is 1.23 bits per heavy atom. The lowest BCUT2D eigenvalue weighted by atomic mass is 10.1. The van der Waals surface area contributed by atoms with Gasteiger partial charge in [0, 0.05) is 26.2 Å². The highest BCUT2D eigenvalue weighted by atomic mass is 35.5. The van der Waals surface area contributed by atoms with Crippen molar-refractivity contribution in [3.63, 3.8) is 0 Å². The fraction of sp³-hybridized carbons (Fsp3) is 0.333. The summed E-state index contributed by atoms with van der Waals surface area (Å²) >= 11 is 0. The monoisotopic (exact) mass is 340 g/mol. The first-order valence-corrected chi connectivity index (χ1v) is 7.26. The normalized spacial score (nSPS) is 9.73. The molecule has 0 saturated carbocycles. The van der Waals surface area contributed by atoms with Crippen molar-refractivity contribution >= 4 is 24.8 Å². The van der Waals surface area contributed by atoms with E-state index in [0.717, 1.165) is 26.2 Å². The van der Waals surface area contributed by atoms with Crippen LogP contribution in [0.15, 0.2) is 48.5 Å². The summed E-state index contributed by atoms with van der Waals surface area (Å²) in [6, 6.07) is 17.4. The molecular formula is C18H26Cl2N2. The molecule has 2 N–H and O–H groups in total. The van der Waals surface area contributed by atoms with Gasteiger partial charge in [0.25, 0.3) is 0 Å². The average Bonchev–Trinajstić information content (AvgIpc) is 2.46. The van der Waals surface area contributed by atoms with Crippen molar-refractivity contribution in [2.45, 2.75) is 26.9 Å². The molecule has 2 nitrogen and oxygen atoms in total. The minimum absolute atomic E-state index is 0. The van der Waals surface area contributed by atoms with Crippen LogP contribution < -0.4 is 10.6 Å². The van der Waals surface area contributed by atoms with E-state index in [1.54, 1.807) is 0 Å². The molecule has 0 amide bonds. The van der Waals surface area contributed by atoms with E-state index in [4.69, 9.17) is 0 Å². The number of hydrogen-bond acceptors (Lipinski definition) is 2. The number of benzene rings is 2. The van der Waals surface area contributed by atoms with Crippen molar-refractivity contribution in [2.75, 3.05) is 13.1 Å². The molecule has 122 valence electrons. The standard InChI is InChI=1S/C18H24N2.2ClH/c1-15-3-7-17(8-4-15)13-19-11-12-20-14-18-9-5-16(2)6-10-18;;/h3-10,19-20H,11-14H2,1-2H3;2*1H. The Bertz CT molecular complexity index is 460. The lowest BCUT2D eigenvalue weighted by Crippen LogP contribution is -2.26. The first kappa shape index (κ1) is 20.9. The lowest BCUT2D eigenvalue weighted by Gasteiger charge is -2.07. The van der Waals surface area contributed by atoms with Crippen LogP contribution in [0, 0.1) is 13.8 Å². The van der Waals surface area contributed by atoms with Crippen molar-refractivity contribution in [1.29, 1.82) is 0 Å². The summed E-state index contributed by atoms with van der Waals surface area (Å²) < 4.78 is 0. The second kappa shape index (κ2) is 11.5. The second-order valence-corrected chi connectivity index (χ2v) is 5.32. The Hall–Kier alpha value is -1.06. The van der Waals surface area contributed by atoms with E-state index in [-0.39, 0.29) is 24.8 Å². The molecule has 0 unspecified atom stereocenters. The SMILES string of the molecule is Cc1ccc(CNCCNCc2ccc(C)cc2)cc1.Cl.Cl. The molecule has 0 aliphatic heterocycles. The maximum atomic E-state index is 3.45. The van der Waals surface area contributed by atoms with E-state index in [1.165, 1.54) is 22.3 Å². The van der Waals surface area contributed by atoms with E-state index in [0.29, 0.717) is 0 Å². The van der Waals surface area contributed by atoms with Gasteiger partial charge in [0.2, 0.25) is 0 Å². The molecule has 0 spiro atoms. The molecule has 0 bridgehead atoms. The van der Waals surface area contributed by atoms with Gasteiger partial charge in [-0.25, -0.2) is 0 Å². The highest BCUT2D eigenvalue weighted by molar-refractivity contribution is 5.85. The molecule has 0 heterocycles. The van der Waals surface area contributed by atoms with Crippen molar-refractivity contribution in [3.05, 3.63) is 70.8 Å². The Morgan fingerprint density at radius 2 is 0.909 bits per heavy atom. The second-order valence-electron chi connectivity index (χ2n) is 5.32. The highest BCUT2D eigenvalue weighted by Crippen LogP contribution is 2.03. The van der Waals surface area contributed by atoms with Crippen molar-refractivity contribution in [2.24, 2.45) is 0 Å². The van der Waals surface area contributed by atoms with Crippen molar-refractivity contribution in [3.8, 4) is 0 Å². The molecule has 2 aromatic rings. The topological polar surface area (TPSA) is 24.1 Å². The summed E-state index contributed by atoms with van der Waals surface area (Å²) in [6.45, 7) is 8.08. The van der Waals surface area contributed by atoms with Gasteiger partial charge in [0.05, 0.1) is 0 Å². The largest absolute Gasteiger partial charge is 0.311 e. The Kier molecular flexibility index (Phi) is 10.9. The zero-order valence-corrected chi connectivity index (χ0v) is 14.9. The summed E-state index contributed by atoms with van der Waals surface area (Å²) in [5, 5.41) is 6.91. The smallest absolute Gasteiger partial charge is 0.0206 e. The van der Waals surface area contributed by atoms with Crippen molar-refractivity contribution in [1.82, 2.24) is 10.6 Å². The predicted molar refractivity (Wildman–Crippen MR) is 100 cm³/mol. The van der Waals surface area contributed by atoms with Gasteiger partial charge in [-0.05, 0) is 25.0 Å². The molecule has 2 rings (SSSR count). The van der Waals surface area contributed by atoms with E-state index in [2.05, 4.69) is 73.0 Å². The first-order chi connectivity index (χ1) is 9.74. The van der Waals surface area contributed by atoms with Gasteiger partial charge in [-0.1, -0.05) is 59.7 Å². The third kappa shape index (κ3) is 7.81. The number of halogens is 2. The first-order valence-electron chi connectivity index (χ1n) is 7.26. The molecular weight excluding hydrogens is 315 g/mol. The fourth-order valence-electron chi connectivity index (χ4n) is 2.05. The van der Waals surface area contributed by atoms with Gasteiger partial charge in [-0.3, -0.25) is 0 Å². The van der Waals surface area contributed by atoms with Crippen LogP contribution in [0.3, 0.4) is 0 Å². The highest BCUT2D eigenvalue weighted by Gasteiger charge is 1.94. The molecule has 0 aromatic heterocycles.